The molecule has 17 heteroatoms. The van der Waals surface area contributed by atoms with Gasteiger partial charge in [0.25, 0.3) is 20.3 Å². The third-order valence-electron chi connectivity index (χ3n) is 3.20. The smallest absolute Gasteiger partial charge is 0.316 e. The summed E-state index contributed by atoms with van der Waals surface area (Å²) >= 11 is 14.4. The number of carbonyl (C=O) groups excluding carboxylic acids is 2. The summed E-state index contributed by atoms with van der Waals surface area (Å²) in [6.07, 6.45) is 0. The molecule has 164 valence electrons. The second kappa shape index (κ2) is 10.1. The summed E-state index contributed by atoms with van der Waals surface area (Å²) in [7, 11) is -2.87. The number of thioether (sulfide) groups is 1. The van der Waals surface area contributed by atoms with Crippen molar-refractivity contribution in [3.63, 3.8) is 0 Å². The van der Waals surface area contributed by atoms with Gasteiger partial charge in [0.05, 0.1) is 23.4 Å². The average molecular weight is 541 g/mol. The highest BCUT2D eigenvalue weighted by molar-refractivity contribution is 8.01. The van der Waals surface area contributed by atoms with Crippen molar-refractivity contribution < 1.29 is 22.7 Å². The van der Waals surface area contributed by atoms with E-state index in [-0.39, 0.29) is 26.6 Å². The number of nitrogens with zero attached hydrogens (tertiary/aromatic N) is 4. The Morgan fingerprint density at radius 3 is 2.58 bits per heavy atom. The maximum Gasteiger partial charge on any atom is 0.316 e. The highest BCUT2D eigenvalue weighted by atomic mass is 35.5. The number of ether oxygens (including phenoxy) is 1. The molecule has 0 aliphatic carbocycles. The van der Waals surface area contributed by atoms with Crippen LogP contribution in [0.5, 0.6) is 0 Å². The lowest BCUT2D eigenvalue weighted by Gasteiger charge is -2.03. The molecule has 2 N–H and O–H groups in total. The van der Waals surface area contributed by atoms with Crippen LogP contribution in [0, 0.1) is 0 Å². The molecular weight excluding hydrogens is 531 g/mol. The van der Waals surface area contributed by atoms with Crippen LogP contribution in [0.15, 0.2) is 26.9 Å². The van der Waals surface area contributed by atoms with E-state index in [1.165, 1.54) is 25.3 Å². The van der Waals surface area contributed by atoms with Crippen molar-refractivity contribution in [2.75, 3.05) is 22.9 Å². The third-order valence-corrected chi connectivity index (χ3v) is 8.37. The van der Waals surface area contributed by atoms with Crippen molar-refractivity contribution in [2.45, 2.75) is 8.68 Å². The molecule has 0 fully saturated rings. The molecule has 0 atom stereocenters. The van der Waals surface area contributed by atoms with Gasteiger partial charge in [0, 0.05) is 5.02 Å². The lowest BCUT2D eigenvalue weighted by Crippen LogP contribution is -2.12. The molecule has 3 rings (SSSR count). The highest BCUT2D eigenvalue weighted by Crippen LogP contribution is 2.29. The van der Waals surface area contributed by atoms with Crippen LogP contribution in [0.3, 0.4) is 0 Å². The molecule has 11 nitrogen and oxygen atoms in total. The van der Waals surface area contributed by atoms with E-state index >= 15 is 0 Å². The number of anilines is 2. The van der Waals surface area contributed by atoms with E-state index in [2.05, 4.69) is 35.2 Å². The van der Waals surface area contributed by atoms with Gasteiger partial charge in [-0.25, -0.2) is 0 Å². The van der Waals surface area contributed by atoms with Gasteiger partial charge >= 0.3 is 5.97 Å². The SMILES string of the molecule is COC(=O)CSc1nnc(NS(=O)(=O)c2nnc(NC(=O)c3ccc(Cl)cc3Cl)s2)s1. The second-order valence-electron chi connectivity index (χ2n) is 5.29. The number of aromatic nitrogens is 4. The molecule has 0 bridgehead atoms. The van der Waals surface area contributed by atoms with E-state index in [0.717, 1.165) is 23.1 Å². The summed E-state index contributed by atoms with van der Waals surface area (Å²) < 4.78 is 31.7. The summed E-state index contributed by atoms with van der Waals surface area (Å²) in [5.74, 6) is -1.05. The molecule has 0 saturated carbocycles. The zero-order valence-corrected chi connectivity index (χ0v) is 19.9. The Morgan fingerprint density at radius 1 is 1.13 bits per heavy atom. The Balaban J connectivity index is 1.66. The fraction of sp³-hybridized carbons (Fsp3) is 0.143. The van der Waals surface area contributed by atoms with E-state index in [1.807, 2.05) is 0 Å². The summed E-state index contributed by atoms with van der Waals surface area (Å²) in [5.41, 5.74) is 0.134. The molecule has 0 saturated heterocycles. The van der Waals surface area contributed by atoms with Crippen LogP contribution in [0.1, 0.15) is 10.4 Å². The maximum absolute atomic E-state index is 12.5. The van der Waals surface area contributed by atoms with Gasteiger partial charge in [-0.3, -0.25) is 19.6 Å². The van der Waals surface area contributed by atoms with Crippen molar-refractivity contribution in [3.05, 3.63) is 33.8 Å². The van der Waals surface area contributed by atoms with Gasteiger partial charge in [-0.2, -0.15) is 8.42 Å². The van der Waals surface area contributed by atoms with Gasteiger partial charge in [-0.1, -0.05) is 57.6 Å². The number of sulfonamides is 1. The quantitative estimate of drug-likeness (QED) is 0.247. The zero-order valence-electron chi connectivity index (χ0n) is 15.2. The second-order valence-corrected chi connectivity index (χ2v) is 11.2. The van der Waals surface area contributed by atoms with Gasteiger partial charge < -0.3 is 4.74 Å². The van der Waals surface area contributed by atoms with E-state index in [0.29, 0.717) is 20.7 Å². The van der Waals surface area contributed by atoms with Crippen molar-refractivity contribution in [2.24, 2.45) is 0 Å². The van der Waals surface area contributed by atoms with Crippen molar-refractivity contribution in [1.82, 2.24) is 20.4 Å². The average Bonchev–Trinajstić information content (AvgIpc) is 3.35. The van der Waals surface area contributed by atoms with Gasteiger partial charge in [-0.15, -0.1) is 20.4 Å². The molecule has 0 aliphatic heterocycles. The highest BCUT2D eigenvalue weighted by Gasteiger charge is 2.23. The number of carbonyl (C=O) groups is 2. The standard InChI is InChI=1S/C14H10Cl2N6O5S4/c1-27-9(23)5-28-13-20-19-12(29-13)22-31(25,26)14-21-18-11(30-14)17-10(24)7-3-2-6(15)4-8(7)16/h2-4H,5H2,1H3,(H,19,22)(H,17,18,24). The lowest BCUT2D eigenvalue weighted by atomic mass is 10.2. The van der Waals surface area contributed by atoms with Crippen molar-refractivity contribution >= 4 is 89.8 Å². The van der Waals surface area contributed by atoms with E-state index < -0.39 is 26.2 Å². The van der Waals surface area contributed by atoms with Crippen LogP contribution in [0.4, 0.5) is 10.3 Å². The summed E-state index contributed by atoms with van der Waals surface area (Å²) in [6, 6.07) is 4.31. The molecule has 0 unspecified atom stereocenters. The molecule has 0 radical (unpaired) electrons. The summed E-state index contributed by atoms with van der Waals surface area (Å²) in [4.78, 5) is 23.5. The summed E-state index contributed by atoms with van der Waals surface area (Å²) in [6.45, 7) is 0. The van der Waals surface area contributed by atoms with Crippen molar-refractivity contribution in [1.29, 1.82) is 0 Å². The molecule has 2 heterocycles. The minimum atomic E-state index is -4.12. The molecule has 31 heavy (non-hydrogen) atoms. The topological polar surface area (TPSA) is 153 Å². The number of rotatable bonds is 8. The van der Waals surface area contributed by atoms with Gasteiger partial charge in [0.2, 0.25) is 10.3 Å². The number of amides is 1. The largest absolute Gasteiger partial charge is 0.468 e. The van der Waals surface area contributed by atoms with Crippen LogP contribution in [0.2, 0.25) is 10.0 Å². The number of hydrogen-bond donors (Lipinski definition) is 2. The normalized spacial score (nSPS) is 11.2. The van der Waals surface area contributed by atoms with E-state index in [1.54, 1.807) is 0 Å². The van der Waals surface area contributed by atoms with Gasteiger partial charge in [-0.05, 0) is 18.2 Å². The molecule has 1 aromatic carbocycles. The number of methoxy groups -OCH3 is 1. The lowest BCUT2D eigenvalue weighted by molar-refractivity contribution is -0.137. The molecule has 0 aliphatic rings. The molecular formula is C14H10Cl2N6O5S4. The monoisotopic (exact) mass is 540 g/mol. The van der Waals surface area contributed by atoms with Crippen LogP contribution in [-0.2, 0) is 19.6 Å². The predicted octanol–water partition coefficient (Wildman–Crippen LogP) is 3.01. The number of halogens is 2. The van der Waals surface area contributed by atoms with Crippen LogP contribution < -0.4 is 10.0 Å². The van der Waals surface area contributed by atoms with Crippen LogP contribution in [0.25, 0.3) is 0 Å². The number of benzene rings is 1. The first-order chi connectivity index (χ1) is 14.7. The Hall–Kier alpha value is -2.04. The van der Waals surface area contributed by atoms with Crippen molar-refractivity contribution in [3.8, 4) is 0 Å². The van der Waals surface area contributed by atoms with E-state index in [4.69, 9.17) is 23.2 Å². The minimum absolute atomic E-state index is 0.00891. The molecule has 3 aromatic rings. The fourth-order valence-electron chi connectivity index (χ4n) is 1.85. The maximum atomic E-state index is 12.5. The first-order valence-corrected chi connectivity index (χ1v) is 12.7. The molecule has 2 aromatic heterocycles. The minimum Gasteiger partial charge on any atom is -0.468 e. The predicted molar refractivity (Wildman–Crippen MR) is 118 cm³/mol. The zero-order chi connectivity index (χ0) is 22.6. The Bertz CT molecular complexity index is 1230. The first-order valence-electron chi connectivity index (χ1n) is 7.84. The Kier molecular flexibility index (Phi) is 7.66. The third kappa shape index (κ3) is 6.24. The van der Waals surface area contributed by atoms with E-state index in [9.17, 15) is 18.0 Å². The Morgan fingerprint density at radius 2 is 1.87 bits per heavy atom. The summed E-state index contributed by atoms with van der Waals surface area (Å²) in [5, 5.41) is 17.6. The molecule has 1 amide bonds. The van der Waals surface area contributed by atoms with Gasteiger partial charge in [0.15, 0.2) is 4.34 Å². The fourth-order valence-corrected chi connectivity index (χ4v) is 6.06. The van der Waals surface area contributed by atoms with Gasteiger partial charge in [0.1, 0.15) is 0 Å². The number of hydrogen-bond acceptors (Lipinski definition) is 12. The number of nitrogens with one attached hydrogen (secondary N) is 2. The van der Waals surface area contributed by atoms with Crippen LogP contribution >= 0.6 is 57.6 Å². The number of esters is 1. The molecule has 0 spiro atoms. The first kappa shape index (κ1) is 23.6. The Labute approximate surface area is 197 Å². The van der Waals surface area contributed by atoms with Crippen LogP contribution in [-0.4, -0.2) is 53.6 Å².